The molecule has 2 aliphatic heterocycles. The molecule has 178 valence electrons. The number of imide groups is 2. The molecule has 5 amide bonds. The van der Waals surface area contributed by atoms with Crippen LogP contribution in [0.15, 0.2) is 18.2 Å². The van der Waals surface area contributed by atoms with Crippen LogP contribution >= 0.6 is 0 Å². The number of amides is 5. The number of benzene rings is 1. The first-order chi connectivity index (χ1) is 15.9. The van der Waals surface area contributed by atoms with Gasteiger partial charge in [-0.15, -0.1) is 0 Å². The van der Waals surface area contributed by atoms with Crippen LogP contribution in [0, 0.1) is 0 Å². The zero-order chi connectivity index (χ0) is 23.8. The summed E-state index contributed by atoms with van der Waals surface area (Å²) in [5, 5.41) is 13.3. The largest absolute Gasteiger partial charge is 0.484 e. The van der Waals surface area contributed by atoms with Gasteiger partial charge in [-0.1, -0.05) is 0 Å². The van der Waals surface area contributed by atoms with E-state index >= 15 is 0 Å². The summed E-state index contributed by atoms with van der Waals surface area (Å²) in [6.07, 6.45) is 0.106. The van der Waals surface area contributed by atoms with Gasteiger partial charge in [0.1, 0.15) is 11.8 Å². The highest BCUT2D eigenvalue weighted by molar-refractivity contribution is 6.23. The first kappa shape index (κ1) is 24.3. The van der Waals surface area contributed by atoms with E-state index in [1.165, 1.54) is 18.2 Å². The molecule has 0 spiro atoms. The average Bonchev–Trinajstić information content (AvgIpc) is 3.04. The summed E-state index contributed by atoms with van der Waals surface area (Å²) in [7, 11) is 0. The smallest absolute Gasteiger partial charge is 0.262 e. The third-order valence-electron chi connectivity index (χ3n) is 4.96. The number of nitrogens with one attached hydrogen (secondary N) is 2. The standard InChI is InChI=1S/C21H25N3O9/c25-6-8-32-10-9-31-7-5-22-18(27)12-33-13-1-2-14-15(11-13)21(30)24(20(14)29)16-3-4-17(26)23-19(16)28/h1-2,11,16,25H,3-10,12H2,(H,22,27)(H,23,26,28). The first-order valence-electron chi connectivity index (χ1n) is 10.4. The number of fused-ring (bicyclic) bond motifs is 1. The minimum absolute atomic E-state index is 0.0375. The summed E-state index contributed by atoms with van der Waals surface area (Å²) in [6, 6.07) is 3.17. The Balaban J connectivity index is 1.46. The molecule has 2 aliphatic rings. The lowest BCUT2D eigenvalue weighted by Crippen LogP contribution is -2.54. The van der Waals surface area contributed by atoms with Gasteiger partial charge in [-0.25, -0.2) is 0 Å². The number of carbonyl (C=O) groups excluding carboxylic acids is 5. The van der Waals surface area contributed by atoms with Gasteiger partial charge in [0.2, 0.25) is 11.8 Å². The second-order valence-corrected chi connectivity index (χ2v) is 7.24. The molecule has 1 unspecified atom stereocenters. The van der Waals surface area contributed by atoms with Crippen molar-refractivity contribution in [1.82, 2.24) is 15.5 Å². The molecule has 33 heavy (non-hydrogen) atoms. The maximum absolute atomic E-state index is 12.8. The van der Waals surface area contributed by atoms with Crippen molar-refractivity contribution in [3.05, 3.63) is 29.3 Å². The zero-order valence-electron chi connectivity index (χ0n) is 17.8. The molecule has 1 aromatic rings. The number of piperidine rings is 1. The van der Waals surface area contributed by atoms with Crippen molar-refractivity contribution in [2.75, 3.05) is 46.2 Å². The molecule has 3 rings (SSSR count). The number of aliphatic hydroxyl groups excluding tert-OH is 1. The summed E-state index contributed by atoms with van der Waals surface area (Å²) in [5.74, 6) is -2.58. The van der Waals surface area contributed by atoms with Crippen molar-refractivity contribution in [2.24, 2.45) is 0 Å². The second-order valence-electron chi connectivity index (χ2n) is 7.24. The van der Waals surface area contributed by atoms with Gasteiger partial charge in [-0.3, -0.25) is 34.2 Å². The predicted molar refractivity (Wildman–Crippen MR) is 110 cm³/mol. The molecule has 1 aromatic carbocycles. The van der Waals surface area contributed by atoms with Crippen molar-refractivity contribution in [3.8, 4) is 5.75 Å². The van der Waals surface area contributed by atoms with Crippen LogP contribution < -0.4 is 15.4 Å². The molecule has 0 aliphatic carbocycles. The van der Waals surface area contributed by atoms with Crippen LogP contribution in [-0.4, -0.2) is 91.8 Å². The Hall–Kier alpha value is -3.35. The highest BCUT2D eigenvalue weighted by atomic mass is 16.5. The van der Waals surface area contributed by atoms with Crippen LogP contribution in [0.3, 0.4) is 0 Å². The van der Waals surface area contributed by atoms with E-state index < -0.39 is 35.6 Å². The van der Waals surface area contributed by atoms with Gasteiger partial charge in [0.05, 0.1) is 44.2 Å². The van der Waals surface area contributed by atoms with E-state index in [0.29, 0.717) is 13.2 Å². The van der Waals surface area contributed by atoms with Crippen LogP contribution in [0.25, 0.3) is 0 Å². The minimum Gasteiger partial charge on any atom is -0.484 e. The van der Waals surface area contributed by atoms with Gasteiger partial charge < -0.3 is 24.6 Å². The predicted octanol–water partition coefficient (Wildman–Crippen LogP) is -1.39. The molecule has 1 atom stereocenters. The SMILES string of the molecule is O=C(COc1ccc2c(c1)C(=O)N(C1CCC(=O)NC1=O)C2=O)NCCOCCOCCO. The quantitative estimate of drug-likeness (QED) is 0.250. The topological polar surface area (TPSA) is 161 Å². The average molecular weight is 463 g/mol. The molecule has 2 heterocycles. The minimum atomic E-state index is -1.05. The van der Waals surface area contributed by atoms with Gasteiger partial charge in [0.15, 0.2) is 6.61 Å². The fraction of sp³-hybridized carbons (Fsp3) is 0.476. The third-order valence-corrected chi connectivity index (χ3v) is 4.96. The summed E-state index contributed by atoms with van der Waals surface area (Å²) < 4.78 is 15.7. The zero-order valence-corrected chi connectivity index (χ0v) is 17.8. The van der Waals surface area contributed by atoms with Gasteiger partial charge >= 0.3 is 0 Å². The second kappa shape index (κ2) is 11.5. The van der Waals surface area contributed by atoms with Crippen molar-refractivity contribution < 1.29 is 43.3 Å². The Labute approximate surface area is 189 Å². The maximum atomic E-state index is 12.8. The normalized spacial score (nSPS) is 17.7. The fourth-order valence-electron chi connectivity index (χ4n) is 3.39. The van der Waals surface area contributed by atoms with Gasteiger partial charge in [-0.2, -0.15) is 0 Å². The molecule has 0 aromatic heterocycles. The van der Waals surface area contributed by atoms with E-state index in [2.05, 4.69) is 10.6 Å². The van der Waals surface area contributed by atoms with E-state index in [1.807, 2.05) is 0 Å². The van der Waals surface area contributed by atoms with Crippen LogP contribution in [0.5, 0.6) is 5.75 Å². The lowest BCUT2D eigenvalue weighted by molar-refractivity contribution is -0.136. The van der Waals surface area contributed by atoms with Crippen molar-refractivity contribution in [1.29, 1.82) is 0 Å². The van der Waals surface area contributed by atoms with Gasteiger partial charge in [0, 0.05) is 13.0 Å². The van der Waals surface area contributed by atoms with Crippen molar-refractivity contribution >= 4 is 29.5 Å². The lowest BCUT2D eigenvalue weighted by atomic mass is 10.0. The number of aliphatic hydroxyl groups is 1. The number of ether oxygens (including phenoxy) is 3. The Morgan fingerprint density at radius 1 is 1.06 bits per heavy atom. The number of hydrogen-bond acceptors (Lipinski definition) is 9. The Morgan fingerprint density at radius 3 is 2.52 bits per heavy atom. The Morgan fingerprint density at radius 2 is 1.79 bits per heavy atom. The number of nitrogens with zero attached hydrogens (tertiary/aromatic N) is 1. The molecular weight excluding hydrogens is 438 g/mol. The van der Waals surface area contributed by atoms with Crippen LogP contribution in [0.1, 0.15) is 33.6 Å². The van der Waals surface area contributed by atoms with E-state index in [4.69, 9.17) is 19.3 Å². The summed E-state index contributed by atoms with van der Waals surface area (Å²) in [4.78, 5) is 61.7. The van der Waals surface area contributed by atoms with Crippen molar-refractivity contribution in [3.63, 3.8) is 0 Å². The number of hydrogen-bond donors (Lipinski definition) is 3. The van der Waals surface area contributed by atoms with Gasteiger partial charge in [-0.05, 0) is 24.6 Å². The lowest BCUT2D eigenvalue weighted by Gasteiger charge is -2.27. The molecule has 3 N–H and O–H groups in total. The fourth-order valence-corrected chi connectivity index (χ4v) is 3.39. The van der Waals surface area contributed by atoms with E-state index in [9.17, 15) is 24.0 Å². The summed E-state index contributed by atoms with van der Waals surface area (Å²) >= 11 is 0. The Kier molecular flexibility index (Phi) is 8.46. The highest BCUT2D eigenvalue weighted by Crippen LogP contribution is 2.30. The highest BCUT2D eigenvalue weighted by Gasteiger charge is 2.44. The molecule has 1 saturated heterocycles. The molecule has 0 bridgehead atoms. The number of rotatable bonds is 12. The molecule has 12 heteroatoms. The van der Waals surface area contributed by atoms with Crippen LogP contribution in [-0.2, 0) is 23.9 Å². The van der Waals surface area contributed by atoms with Crippen LogP contribution in [0.4, 0.5) is 0 Å². The van der Waals surface area contributed by atoms with E-state index in [-0.39, 0.29) is 62.7 Å². The molecule has 0 saturated carbocycles. The maximum Gasteiger partial charge on any atom is 0.262 e. The van der Waals surface area contributed by atoms with E-state index in [0.717, 1.165) is 4.90 Å². The monoisotopic (exact) mass is 463 g/mol. The number of carbonyl (C=O) groups is 5. The summed E-state index contributed by atoms with van der Waals surface area (Å²) in [5.41, 5.74) is 0.195. The first-order valence-corrected chi connectivity index (χ1v) is 10.4. The molecule has 12 nitrogen and oxygen atoms in total. The molecular formula is C21H25N3O9. The molecule has 1 fully saturated rings. The third kappa shape index (κ3) is 6.12. The summed E-state index contributed by atoms with van der Waals surface area (Å²) in [6.45, 7) is 1.11. The molecule has 0 radical (unpaired) electrons. The van der Waals surface area contributed by atoms with Crippen LogP contribution in [0.2, 0.25) is 0 Å². The van der Waals surface area contributed by atoms with Gasteiger partial charge in [0.25, 0.3) is 17.7 Å². The Bertz CT molecular complexity index is 934. The van der Waals surface area contributed by atoms with Crippen molar-refractivity contribution in [2.45, 2.75) is 18.9 Å². The van der Waals surface area contributed by atoms with E-state index in [1.54, 1.807) is 0 Å².